The lowest BCUT2D eigenvalue weighted by Gasteiger charge is -2.21. The number of rotatable bonds is 4. The van der Waals surface area contributed by atoms with E-state index in [9.17, 15) is 4.79 Å². The first-order chi connectivity index (χ1) is 16.2. The Hall–Kier alpha value is -3.31. The van der Waals surface area contributed by atoms with Crippen LogP contribution in [0.1, 0.15) is 35.2 Å². The summed E-state index contributed by atoms with van der Waals surface area (Å²) in [7, 11) is 0. The van der Waals surface area contributed by atoms with Gasteiger partial charge in [-0.3, -0.25) is 4.79 Å². The second-order valence-electron chi connectivity index (χ2n) is 8.42. The number of benzene rings is 3. The third-order valence-electron chi connectivity index (χ3n) is 6.04. The number of pyridine rings is 1. The van der Waals surface area contributed by atoms with Crippen LogP contribution in [0.3, 0.4) is 0 Å². The van der Waals surface area contributed by atoms with Crippen molar-refractivity contribution in [1.82, 2.24) is 4.98 Å². The van der Waals surface area contributed by atoms with Gasteiger partial charge in [0.1, 0.15) is 0 Å². The Bertz CT molecular complexity index is 1280. The number of nitrogens with zero attached hydrogens (tertiary/aromatic N) is 2. The molecule has 2 heterocycles. The number of aromatic nitrogens is 1. The van der Waals surface area contributed by atoms with E-state index >= 15 is 0 Å². The van der Waals surface area contributed by atoms with E-state index in [4.69, 9.17) is 4.98 Å². The van der Waals surface area contributed by atoms with Crippen LogP contribution in [0.5, 0.6) is 0 Å². The molecular weight excluding hydrogens is 426 g/mol. The molecule has 1 amide bonds. The van der Waals surface area contributed by atoms with Crippen molar-refractivity contribution in [3.8, 4) is 11.3 Å². The monoisotopic (exact) mass is 453 g/mol. The molecule has 0 spiro atoms. The van der Waals surface area contributed by atoms with E-state index in [-0.39, 0.29) is 5.91 Å². The van der Waals surface area contributed by atoms with E-state index in [1.54, 1.807) is 0 Å². The molecule has 1 N–H and O–H groups in total. The van der Waals surface area contributed by atoms with Gasteiger partial charge in [-0.15, -0.1) is 0 Å². The molecule has 3 aromatic carbocycles. The van der Waals surface area contributed by atoms with Crippen molar-refractivity contribution in [1.29, 1.82) is 0 Å². The lowest BCUT2D eigenvalue weighted by Crippen LogP contribution is -2.15. The molecular formula is C28H27N3OS. The molecule has 4 aromatic rings. The van der Waals surface area contributed by atoms with Crippen LogP contribution in [0, 0.1) is 6.92 Å². The van der Waals surface area contributed by atoms with Crippen molar-refractivity contribution in [2.75, 3.05) is 21.9 Å². The van der Waals surface area contributed by atoms with Gasteiger partial charge in [-0.25, -0.2) is 4.98 Å². The fourth-order valence-electron chi connectivity index (χ4n) is 4.15. The summed E-state index contributed by atoms with van der Waals surface area (Å²) in [6.07, 6.45) is 3.78. The average molecular weight is 454 g/mol. The molecule has 1 fully saturated rings. The van der Waals surface area contributed by atoms with Gasteiger partial charge < -0.3 is 9.62 Å². The zero-order chi connectivity index (χ0) is 22.6. The third-order valence-corrected chi connectivity index (χ3v) is 7.22. The molecule has 5 rings (SSSR count). The van der Waals surface area contributed by atoms with Crippen molar-refractivity contribution in [3.05, 3.63) is 90.0 Å². The Morgan fingerprint density at radius 1 is 0.939 bits per heavy atom. The van der Waals surface area contributed by atoms with Gasteiger partial charge in [0.05, 0.1) is 11.2 Å². The van der Waals surface area contributed by atoms with Gasteiger partial charge in [-0.05, 0) is 85.8 Å². The van der Waals surface area contributed by atoms with Crippen molar-refractivity contribution in [3.63, 3.8) is 0 Å². The highest BCUT2D eigenvalue weighted by atomic mass is 32.2. The summed E-state index contributed by atoms with van der Waals surface area (Å²) in [6, 6.07) is 26.1. The summed E-state index contributed by atoms with van der Waals surface area (Å²) in [4.78, 5) is 17.7. The smallest absolute Gasteiger partial charge is 0.255 e. The standard InChI is InChI=1S/C28H27N3OS/c1-20-9-13-23(19-25(20)27-16-12-21-7-3-4-8-26(21)30-27)29-28(32)22-10-14-24(15-11-22)31-17-5-2-6-18-33-31/h3-4,7-16,19H,2,5-6,17-18H2,1H3,(H,29,32). The maximum absolute atomic E-state index is 12.9. The fraction of sp³-hybridized carbons (Fsp3) is 0.214. The largest absolute Gasteiger partial charge is 0.322 e. The first-order valence-corrected chi connectivity index (χ1v) is 12.4. The number of carbonyl (C=O) groups is 1. The molecule has 0 bridgehead atoms. The number of carbonyl (C=O) groups excluding carboxylic acids is 1. The fourth-order valence-corrected chi connectivity index (χ4v) is 5.23. The predicted octanol–water partition coefficient (Wildman–Crippen LogP) is 7.10. The third kappa shape index (κ3) is 4.88. The van der Waals surface area contributed by atoms with Crippen molar-refractivity contribution in [2.45, 2.75) is 26.2 Å². The van der Waals surface area contributed by atoms with Gasteiger partial charge in [0.2, 0.25) is 0 Å². The molecule has 0 atom stereocenters. The van der Waals surface area contributed by atoms with Crippen LogP contribution in [0.15, 0.2) is 78.9 Å². The topological polar surface area (TPSA) is 45.2 Å². The minimum Gasteiger partial charge on any atom is -0.322 e. The zero-order valence-electron chi connectivity index (χ0n) is 18.8. The minimum absolute atomic E-state index is 0.105. The van der Waals surface area contributed by atoms with Crippen LogP contribution < -0.4 is 9.62 Å². The molecule has 1 aliphatic heterocycles. The molecule has 0 radical (unpaired) electrons. The Labute approximate surface area is 199 Å². The maximum atomic E-state index is 12.9. The Morgan fingerprint density at radius 3 is 2.67 bits per heavy atom. The highest BCUT2D eigenvalue weighted by Crippen LogP contribution is 2.29. The van der Waals surface area contributed by atoms with Gasteiger partial charge in [0, 0.05) is 40.2 Å². The maximum Gasteiger partial charge on any atom is 0.255 e. The summed E-state index contributed by atoms with van der Waals surface area (Å²) in [5, 5.41) is 4.17. The molecule has 1 aliphatic rings. The highest BCUT2D eigenvalue weighted by molar-refractivity contribution is 8.00. The number of hydrogen-bond donors (Lipinski definition) is 1. The zero-order valence-corrected chi connectivity index (χ0v) is 19.6. The number of anilines is 2. The number of aryl methyl sites for hydroxylation is 1. The van der Waals surface area contributed by atoms with E-state index in [0.717, 1.165) is 45.7 Å². The summed E-state index contributed by atoms with van der Waals surface area (Å²) in [5.41, 5.74) is 6.60. The Balaban J connectivity index is 1.34. The van der Waals surface area contributed by atoms with E-state index < -0.39 is 0 Å². The van der Waals surface area contributed by atoms with Gasteiger partial charge >= 0.3 is 0 Å². The van der Waals surface area contributed by atoms with Crippen LogP contribution in [0.2, 0.25) is 0 Å². The van der Waals surface area contributed by atoms with Crippen LogP contribution in [0.4, 0.5) is 11.4 Å². The van der Waals surface area contributed by atoms with Crippen molar-refractivity contribution < 1.29 is 4.79 Å². The average Bonchev–Trinajstić information content (AvgIpc) is 3.15. The second kappa shape index (κ2) is 9.67. The van der Waals surface area contributed by atoms with E-state index in [1.807, 2.05) is 78.7 Å². The first kappa shape index (κ1) is 21.5. The van der Waals surface area contributed by atoms with E-state index in [0.29, 0.717) is 5.56 Å². The summed E-state index contributed by atoms with van der Waals surface area (Å²) < 4.78 is 2.34. The molecule has 0 unspecified atom stereocenters. The van der Waals surface area contributed by atoms with Crippen LogP contribution in [-0.4, -0.2) is 23.2 Å². The quantitative estimate of drug-likeness (QED) is 0.335. The summed E-state index contributed by atoms with van der Waals surface area (Å²) in [5.74, 6) is 1.05. The van der Waals surface area contributed by atoms with Crippen LogP contribution >= 0.6 is 11.9 Å². The summed E-state index contributed by atoms with van der Waals surface area (Å²) in [6.45, 7) is 3.13. The van der Waals surface area contributed by atoms with E-state index in [1.165, 1.54) is 24.9 Å². The molecule has 1 saturated heterocycles. The molecule has 5 heteroatoms. The lowest BCUT2D eigenvalue weighted by atomic mass is 10.0. The highest BCUT2D eigenvalue weighted by Gasteiger charge is 2.13. The summed E-state index contributed by atoms with van der Waals surface area (Å²) >= 11 is 1.88. The molecule has 0 saturated carbocycles. The van der Waals surface area contributed by atoms with Crippen molar-refractivity contribution in [2.24, 2.45) is 0 Å². The normalized spacial score (nSPS) is 14.2. The van der Waals surface area contributed by atoms with Gasteiger partial charge in [0.15, 0.2) is 0 Å². The molecule has 166 valence electrons. The molecule has 4 nitrogen and oxygen atoms in total. The van der Waals surface area contributed by atoms with E-state index in [2.05, 4.69) is 28.7 Å². The number of amides is 1. The Morgan fingerprint density at radius 2 is 1.79 bits per heavy atom. The number of para-hydroxylation sites is 1. The molecule has 33 heavy (non-hydrogen) atoms. The minimum atomic E-state index is -0.105. The molecule has 0 aliphatic carbocycles. The number of fused-ring (bicyclic) bond motifs is 1. The predicted molar refractivity (Wildman–Crippen MR) is 140 cm³/mol. The van der Waals surface area contributed by atoms with Crippen molar-refractivity contribution >= 4 is 40.1 Å². The van der Waals surface area contributed by atoms with Crippen LogP contribution in [-0.2, 0) is 0 Å². The molecule has 1 aromatic heterocycles. The van der Waals surface area contributed by atoms with Gasteiger partial charge in [-0.1, -0.05) is 36.8 Å². The first-order valence-electron chi connectivity index (χ1n) is 11.5. The van der Waals surface area contributed by atoms with Crippen LogP contribution in [0.25, 0.3) is 22.2 Å². The van der Waals surface area contributed by atoms with Gasteiger partial charge in [-0.2, -0.15) is 0 Å². The van der Waals surface area contributed by atoms with Gasteiger partial charge in [0.25, 0.3) is 5.91 Å². The lowest BCUT2D eigenvalue weighted by molar-refractivity contribution is 0.102. The number of nitrogens with one attached hydrogen (secondary N) is 1. The second-order valence-corrected chi connectivity index (χ2v) is 9.52. The number of hydrogen-bond acceptors (Lipinski definition) is 4. The SMILES string of the molecule is Cc1ccc(NC(=O)c2ccc(N3CCCCCS3)cc2)cc1-c1ccc2ccccc2n1. The Kier molecular flexibility index (Phi) is 6.31.